The monoisotopic (exact) mass is 363 g/mol. The van der Waals surface area contributed by atoms with E-state index in [0.717, 1.165) is 0 Å². The van der Waals surface area contributed by atoms with E-state index in [0.29, 0.717) is 32.8 Å². The van der Waals surface area contributed by atoms with Crippen LogP contribution in [0.1, 0.15) is 19.8 Å². The smallest absolute Gasteiger partial charge is 0.307 e. The van der Waals surface area contributed by atoms with Gasteiger partial charge >= 0.3 is 17.9 Å². The van der Waals surface area contributed by atoms with Crippen molar-refractivity contribution >= 4 is 17.9 Å². The van der Waals surface area contributed by atoms with Crippen LogP contribution in [0.3, 0.4) is 0 Å². The Morgan fingerprint density at radius 2 is 1.16 bits per heavy atom. The lowest BCUT2D eigenvalue weighted by molar-refractivity contribution is -0.146. The number of hydrogen-bond donors (Lipinski definition) is 0. The molecule has 9 heteroatoms. The minimum Gasteiger partial charge on any atom is -0.465 e. The quantitative estimate of drug-likeness (QED) is 0.226. The van der Waals surface area contributed by atoms with E-state index in [1.165, 1.54) is 21.1 Å². The fourth-order valence-corrected chi connectivity index (χ4v) is 1.77. The highest BCUT2D eigenvalue weighted by Crippen LogP contribution is 1.99. The molecule has 0 unspecified atom stereocenters. The van der Waals surface area contributed by atoms with Gasteiger partial charge in [0.15, 0.2) is 0 Å². The second kappa shape index (κ2) is 15.8. The minimum atomic E-state index is -0.377. The molecule has 146 valence electrons. The number of methoxy groups -OCH3 is 2. The largest absolute Gasteiger partial charge is 0.465 e. The van der Waals surface area contributed by atoms with E-state index in [1.807, 2.05) is 4.90 Å². The van der Waals surface area contributed by atoms with Gasteiger partial charge in [-0.25, -0.2) is 0 Å². The number of carbonyl (C=O) groups is 3. The van der Waals surface area contributed by atoms with Crippen LogP contribution in [0.2, 0.25) is 0 Å². The lowest BCUT2D eigenvalue weighted by Gasteiger charge is -2.21. The third-order valence-corrected chi connectivity index (χ3v) is 3.08. The maximum Gasteiger partial charge on any atom is 0.307 e. The fourth-order valence-electron chi connectivity index (χ4n) is 1.77. The first-order valence-corrected chi connectivity index (χ1v) is 8.14. The van der Waals surface area contributed by atoms with Gasteiger partial charge in [-0.2, -0.15) is 0 Å². The molecule has 0 radical (unpaired) electrons. The Morgan fingerprint density at radius 3 is 1.56 bits per heavy atom. The van der Waals surface area contributed by atoms with Crippen LogP contribution in [0, 0.1) is 0 Å². The number of ether oxygens (including phenoxy) is 5. The zero-order chi connectivity index (χ0) is 18.9. The van der Waals surface area contributed by atoms with Crippen molar-refractivity contribution in [3.8, 4) is 0 Å². The molecule has 0 bridgehead atoms. The molecular weight excluding hydrogens is 334 g/mol. The molecule has 0 aromatic carbocycles. The van der Waals surface area contributed by atoms with E-state index in [9.17, 15) is 14.4 Å². The van der Waals surface area contributed by atoms with Crippen molar-refractivity contribution in [3.05, 3.63) is 0 Å². The van der Waals surface area contributed by atoms with Crippen LogP contribution in [-0.2, 0) is 38.1 Å². The van der Waals surface area contributed by atoms with Crippen LogP contribution in [-0.4, -0.2) is 89.7 Å². The van der Waals surface area contributed by atoms with Crippen molar-refractivity contribution in [1.29, 1.82) is 0 Å². The Hall–Kier alpha value is -1.71. The molecule has 25 heavy (non-hydrogen) atoms. The Bertz CT molecular complexity index is 362. The van der Waals surface area contributed by atoms with Crippen LogP contribution in [0.4, 0.5) is 0 Å². The molecule has 0 fully saturated rings. The van der Waals surface area contributed by atoms with Gasteiger partial charge in [0.2, 0.25) is 0 Å². The Kier molecular flexibility index (Phi) is 14.7. The summed E-state index contributed by atoms with van der Waals surface area (Å²) in [5, 5.41) is 0. The maximum atomic E-state index is 11.6. The second-order valence-electron chi connectivity index (χ2n) is 5.11. The van der Waals surface area contributed by atoms with E-state index < -0.39 is 0 Å². The Morgan fingerprint density at radius 1 is 0.680 bits per heavy atom. The molecule has 0 N–H and O–H groups in total. The lowest BCUT2D eigenvalue weighted by Crippen LogP contribution is -2.33. The number of rotatable bonds is 15. The van der Waals surface area contributed by atoms with Gasteiger partial charge < -0.3 is 23.7 Å². The van der Waals surface area contributed by atoms with E-state index >= 15 is 0 Å². The summed E-state index contributed by atoms with van der Waals surface area (Å²) >= 11 is 0. The molecule has 0 saturated heterocycles. The number of carbonyl (C=O) groups excluding carboxylic acids is 3. The van der Waals surface area contributed by atoms with Crippen molar-refractivity contribution in [2.24, 2.45) is 0 Å². The lowest BCUT2D eigenvalue weighted by atomic mass is 10.3. The predicted octanol–water partition coefficient (Wildman–Crippen LogP) is 0.0109. The van der Waals surface area contributed by atoms with Crippen molar-refractivity contribution in [2.45, 2.75) is 19.8 Å². The number of hydrogen-bond acceptors (Lipinski definition) is 9. The molecular formula is C16H29NO8. The first kappa shape index (κ1) is 23.3. The van der Waals surface area contributed by atoms with Gasteiger partial charge in [0.1, 0.15) is 19.8 Å². The summed E-state index contributed by atoms with van der Waals surface area (Å²) in [6.07, 6.45) is 0.338. The molecule has 0 aliphatic carbocycles. The highest BCUT2D eigenvalue weighted by Gasteiger charge is 2.12. The van der Waals surface area contributed by atoms with E-state index in [4.69, 9.17) is 23.7 Å². The van der Waals surface area contributed by atoms with Gasteiger partial charge in [-0.05, 0) is 0 Å². The average molecular weight is 363 g/mol. The molecule has 0 amide bonds. The SMILES string of the molecule is COCCOC(=O)CCN(CCOC(C)=O)CCC(=O)OCCOC. The van der Waals surface area contributed by atoms with Crippen molar-refractivity contribution in [3.63, 3.8) is 0 Å². The van der Waals surface area contributed by atoms with Gasteiger partial charge in [0.25, 0.3) is 0 Å². The van der Waals surface area contributed by atoms with E-state index in [1.54, 1.807) is 0 Å². The molecule has 0 spiro atoms. The van der Waals surface area contributed by atoms with Gasteiger partial charge in [-0.3, -0.25) is 19.3 Å². The van der Waals surface area contributed by atoms with Gasteiger partial charge in [0, 0.05) is 40.8 Å². The highest BCUT2D eigenvalue weighted by atomic mass is 16.6. The third-order valence-electron chi connectivity index (χ3n) is 3.08. The Balaban J connectivity index is 4.18. The van der Waals surface area contributed by atoms with Gasteiger partial charge in [-0.15, -0.1) is 0 Å². The standard InChI is InChI=1S/C16H29NO8/c1-14(18)23-9-8-17(6-4-15(19)24-12-10-21-2)7-5-16(20)25-13-11-22-3/h4-13H2,1-3H3. The number of esters is 3. The number of nitrogens with zero attached hydrogens (tertiary/aromatic N) is 1. The zero-order valence-corrected chi connectivity index (χ0v) is 15.3. The summed E-state index contributed by atoms with van der Waals surface area (Å²) in [6, 6.07) is 0. The molecule has 9 nitrogen and oxygen atoms in total. The van der Waals surface area contributed by atoms with Crippen molar-refractivity contribution < 1.29 is 38.1 Å². The zero-order valence-electron chi connectivity index (χ0n) is 15.3. The van der Waals surface area contributed by atoms with Crippen molar-refractivity contribution in [2.75, 3.05) is 66.9 Å². The van der Waals surface area contributed by atoms with Gasteiger partial charge in [0.05, 0.1) is 26.1 Å². The maximum absolute atomic E-state index is 11.6. The van der Waals surface area contributed by atoms with Crippen LogP contribution >= 0.6 is 0 Å². The molecule has 0 aromatic heterocycles. The van der Waals surface area contributed by atoms with Gasteiger partial charge in [-0.1, -0.05) is 0 Å². The average Bonchev–Trinajstić information content (AvgIpc) is 2.57. The molecule has 0 saturated carbocycles. The molecule has 0 atom stereocenters. The van der Waals surface area contributed by atoms with Crippen LogP contribution in [0.15, 0.2) is 0 Å². The summed E-state index contributed by atoms with van der Waals surface area (Å²) in [7, 11) is 3.05. The summed E-state index contributed by atoms with van der Waals surface area (Å²) in [5.41, 5.74) is 0. The predicted molar refractivity (Wildman–Crippen MR) is 88.0 cm³/mol. The molecule has 0 aliphatic heterocycles. The van der Waals surface area contributed by atoms with Crippen LogP contribution in [0.25, 0.3) is 0 Å². The normalized spacial score (nSPS) is 10.6. The highest BCUT2D eigenvalue weighted by molar-refractivity contribution is 5.70. The molecule has 0 heterocycles. The topological polar surface area (TPSA) is 101 Å². The first-order chi connectivity index (χ1) is 12.0. The fraction of sp³-hybridized carbons (Fsp3) is 0.812. The van der Waals surface area contributed by atoms with Crippen molar-refractivity contribution in [1.82, 2.24) is 4.90 Å². The molecule has 0 aromatic rings. The van der Waals surface area contributed by atoms with Crippen LogP contribution < -0.4 is 0 Å². The molecule has 0 rings (SSSR count). The Labute approximate surface area is 148 Å². The summed E-state index contributed by atoms with van der Waals surface area (Å²) in [5.74, 6) is -1.08. The van der Waals surface area contributed by atoms with Crippen LogP contribution in [0.5, 0.6) is 0 Å². The summed E-state index contributed by atoms with van der Waals surface area (Å²) in [6.45, 7) is 3.79. The second-order valence-corrected chi connectivity index (χ2v) is 5.11. The molecule has 0 aliphatic rings. The minimum absolute atomic E-state index is 0.169. The first-order valence-electron chi connectivity index (χ1n) is 8.14. The van der Waals surface area contributed by atoms with E-state index in [-0.39, 0.29) is 50.6 Å². The third kappa shape index (κ3) is 15.6. The summed E-state index contributed by atoms with van der Waals surface area (Å²) < 4.78 is 24.5. The summed E-state index contributed by atoms with van der Waals surface area (Å²) in [4.78, 5) is 35.9. The van der Waals surface area contributed by atoms with E-state index in [2.05, 4.69) is 0 Å².